The maximum absolute atomic E-state index is 16.0. The third-order valence-electron chi connectivity index (χ3n) is 8.30. The van der Waals surface area contributed by atoms with Crippen LogP contribution in [0.1, 0.15) is 71.6 Å². The number of carbonyl (C=O) groups is 2. The van der Waals surface area contributed by atoms with E-state index in [4.69, 9.17) is 0 Å². The first-order valence-electron chi connectivity index (χ1n) is 9.05. The number of hydrogen-bond acceptors (Lipinski definition) is 2. The van der Waals surface area contributed by atoms with Crippen molar-refractivity contribution in [2.75, 3.05) is 0 Å². The van der Waals surface area contributed by atoms with Gasteiger partial charge in [0.25, 0.3) is 0 Å². The first-order valence-corrected chi connectivity index (χ1v) is 9.05. The molecule has 3 heteroatoms. The maximum atomic E-state index is 16.0. The van der Waals surface area contributed by atoms with E-state index in [0.29, 0.717) is 49.7 Å². The number of rotatable bonds is 0. The maximum Gasteiger partial charge on any atom is 0.142 e. The Morgan fingerprint density at radius 2 is 1.73 bits per heavy atom. The van der Waals surface area contributed by atoms with Crippen LogP contribution in [0.3, 0.4) is 0 Å². The van der Waals surface area contributed by atoms with Gasteiger partial charge in [0.1, 0.15) is 17.2 Å². The minimum Gasteiger partial charge on any atom is -0.300 e. The minimum atomic E-state index is -1.29. The largest absolute Gasteiger partial charge is 0.300 e. The van der Waals surface area contributed by atoms with Crippen LogP contribution in [0, 0.1) is 28.6 Å². The summed E-state index contributed by atoms with van der Waals surface area (Å²) in [6.45, 7) is 4.20. The monoisotopic (exact) mass is 306 g/mol. The van der Waals surface area contributed by atoms with Crippen LogP contribution in [0.5, 0.6) is 0 Å². The van der Waals surface area contributed by atoms with Crippen molar-refractivity contribution in [3.05, 3.63) is 0 Å². The number of carbonyl (C=O) groups excluding carboxylic acids is 2. The van der Waals surface area contributed by atoms with Crippen LogP contribution in [-0.4, -0.2) is 17.2 Å². The Kier molecular flexibility index (Phi) is 2.98. The molecular formula is C19H27FO2. The predicted octanol–water partition coefficient (Wildman–Crippen LogP) is 4.26. The lowest BCUT2D eigenvalue weighted by atomic mass is 9.44. The summed E-state index contributed by atoms with van der Waals surface area (Å²) in [5, 5.41) is 0. The Morgan fingerprint density at radius 3 is 2.50 bits per heavy atom. The lowest BCUT2D eigenvalue weighted by Gasteiger charge is -2.61. The van der Waals surface area contributed by atoms with Crippen LogP contribution in [0.4, 0.5) is 4.39 Å². The Balaban J connectivity index is 1.71. The molecule has 0 N–H and O–H groups in total. The first kappa shape index (κ1) is 14.8. The zero-order valence-corrected chi connectivity index (χ0v) is 13.8. The molecule has 0 amide bonds. The van der Waals surface area contributed by atoms with Gasteiger partial charge in [0.05, 0.1) is 5.41 Å². The van der Waals surface area contributed by atoms with E-state index < -0.39 is 11.1 Å². The topological polar surface area (TPSA) is 34.1 Å². The van der Waals surface area contributed by atoms with Gasteiger partial charge in [0.15, 0.2) is 0 Å². The lowest BCUT2D eigenvalue weighted by Crippen LogP contribution is -2.60. The average molecular weight is 306 g/mol. The van der Waals surface area contributed by atoms with Crippen molar-refractivity contribution in [2.45, 2.75) is 77.3 Å². The van der Waals surface area contributed by atoms with Gasteiger partial charge < -0.3 is 0 Å². The van der Waals surface area contributed by atoms with Gasteiger partial charge in [-0.25, -0.2) is 4.39 Å². The molecule has 0 saturated heterocycles. The molecule has 6 atom stereocenters. The average Bonchev–Trinajstić information content (AvgIpc) is 2.72. The number of fused-ring (bicyclic) bond motifs is 5. The summed E-state index contributed by atoms with van der Waals surface area (Å²) in [6, 6.07) is 0. The number of alkyl halides is 1. The van der Waals surface area contributed by atoms with Crippen LogP contribution >= 0.6 is 0 Å². The van der Waals surface area contributed by atoms with Crippen molar-refractivity contribution in [1.29, 1.82) is 0 Å². The van der Waals surface area contributed by atoms with Crippen molar-refractivity contribution in [2.24, 2.45) is 28.6 Å². The molecule has 0 radical (unpaired) electrons. The van der Waals surface area contributed by atoms with Crippen LogP contribution in [0.2, 0.25) is 0 Å². The molecule has 0 aromatic rings. The molecule has 2 nitrogen and oxygen atoms in total. The highest BCUT2D eigenvalue weighted by atomic mass is 19.1. The second-order valence-electron chi connectivity index (χ2n) is 8.89. The van der Waals surface area contributed by atoms with Crippen molar-refractivity contribution < 1.29 is 14.0 Å². The van der Waals surface area contributed by atoms with Gasteiger partial charge in [-0.05, 0) is 68.6 Å². The van der Waals surface area contributed by atoms with E-state index in [2.05, 4.69) is 6.92 Å². The van der Waals surface area contributed by atoms with E-state index in [1.807, 2.05) is 6.92 Å². The fourth-order valence-corrected chi connectivity index (χ4v) is 6.73. The van der Waals surface area contributed by atoms with Gasteiger partial charge in [-0.2, -0.15) is 0 Å². The standard InChI is InChI=1S/C19H27FO2/c1-17-8-5-13(21)11-12(17)3-4-15-14(17)6-9-18(2)16(22)7-10-19(15,18)20/h12,14-15H,3-11H2,1-2H3/t12-,14-,15+,17-,18+,19+/m0/s1. The summed E-state index contributed by atoms with van der Waals surface area (Å²) in [5.74, 6) is 1.39. The Bertz CT molecular complexity index is 544. The fraction of sp³-hybridized carbons (Fsp3) is 0.895. The molecule has 0 aromatic heterocycles. The second-order valence-corrected chi connectivity index (χ2v) is 8.89. The zero-order chi connectivity index (χ0) is 15.8. The Labute approximate surface area is 132 Å². The molecule has 122 valence electrons. The highest BCUT2D eigenvalue weighted by Gasteiger charge is 2.68. The number of hydrogen-bond donors (Lipinski definition) is 0. The van der Waals surface area contributed by atoms with Crippen LogP contribution < -0.4 is 0 Å². The van der Waals surface area contributed by atoms with Crippen molar-refractivity contribution >= 4 is 11.6 Å². The summed E-state index contributed by atoms with van der Waals surface area (Å²) < 4.78 is 16.0. The van der Waals surface area contributed by atoms with Gasteiger partial charge in [0, 0.05) is 19.3 Å². The summed E-state index contributed by atoms with van der Waals surface area (Å²) >= 11 is 0. The van der Waals surface area contributed by atoms with Gasteiger partial charge in [-0.15, -0.1) is 0 Å². The van der Waals surface area contributed by atoms with Crippen LogP contribution in [-0.2, 0) is 9.59 Å². The van der Waals surface area contributed by atoms with E-state index in [9.17, 15) is 9.59 Å². The van der Waals surface area contributed by atoms with Crippen molar-refractivity contribution in [1.82, 2.24) is 0 Å². The predicted molar refractivity (Wildman–Crippen MR) is 82.1 cm³/mol. The second kappa shape index (κ2) is 4.42. The van der Waals surface area contributed by atoms with Gasteiger partial charge >= 0.3 is 0 Å². The molecular weight excluding hydrogens is 279 g/mol. The summed E-state index contributed by atoms with van der Waals surface area (Å²) in [6.07, 6.45) is 6.69. The van der Waals surface area contributed by atoms with E-state index in [1.165, 1.54) is 0 Å². The molecule has 4 saturated carbocycles. The molecule has 4 aliphatic carbocycles. The third kappa shape index (κ3) is 1.61. The highest BCUT2D eigenvalue weighted by Crippen LogP contribution is 2.67. The lowest BCUT2D eigenvalue weighted by molar-refractivity contribution is -0.170. The molecule has 4 rings (SSSR count). The molecule has 0 aliphatic heterocycles. The SMILES string of the molecule is C[C@]12CCC(=O)C[C@@H]1CC[C@@H]1[C@@H]2CC[C@]2(C)C(=O)CC[C@@]12F. The van der Waals surface area contributed by atoms with E-state index in [0.717, 1.165) is 25.7 Å². The van der Waals surface area contributed by atoms with Crippen LogP contribution in [0.25, 0.3) is 0 Å². The molecule has 0 unspecified atom stereocenters. The number of ketones is 2. The van der Waals surface area contributed by atoms with E-state index >= 15 is 4.39 Å². The van der Waals surface area contributed by atoms with Crippen molar-refractivity contribution in [3.8, 4) is 0 Å². The van der Waals surface area contributed by atoms with Gasteiger partial charge in [-0.1, -0.05) is 6.92 Å². The quantitative estimate of drug-likeness (QED) is 0.670. The third-order valence-corrected chi connectivity index (χ3v) is 8.30. The molecule has 4 fully saturated rings. The van der Waals surface area contributed by atoms with Gasteiger partial charge in [0.2, 0.25) is 0 Å². The smallest absolute Gasteiger partial charge is 0.142 e. The molecule has 0 bridgehead atoms. The van der Waals surface area contributed by atoms with Crippen molar-refractivity contribution in [3.63, 3.8) is 0 Å². The first-order chi connectivity index (χ1) is 10.3. The minimum absolute atomic E-state index is 0.0344. The zero-order valence-electron chi connectivity index (χ0n) is 13.8. The van der Waals surface area contributed by atoms with Gasteiger partial charge in [-0.3, -0.25) is 9.59 Å². The number of halogens is 1. The van der Waals surface area contributed by atoms with E-state index in [-0.39, 0.29) is 17.1 Å². The highest BCUT2D eigenvalue weighted by molar-refractivity contribution is 5.88. The summed E-state index contributed by atoms with van der Waals surface area (Å²) in [4.78, 5) is 24.2. The molecule has 22 heavy (non-hydrogen) atoms. The normalized spacial score (nSPS) is 54.6. The Hall–Kier alpha value is -0.730. The molecule has 0 heterocycles. The Morgan fingerprint density at radius 1 is 0.955 bits per heavy atom. The van der Waals surface area contributed by atoms with E-state index in [1.54, 1.807) is 0 Å². The number of Topliss-reactive ketones (excluding diaryl/α,β-unsaturated/α-hetero) is 2. The summed E-state index contributed by atoms with van der Waals surface area (Å²) in [5.41, 5.74) is -1.91. The molecule has 0 spiro atoms. The molecule has 0 aromatic carbocycles. The molecule has 4 aliphatic rings. The fourth-order valence-electron chi connectivity index (χ4n) is 6.73. The van der Waals surface area contributed by atoms with Crippen LogP contribution in [0.15, 0.2) is 0 Å². The summed E-state index contributed by atoms with van der Waals surface area (Å²) in [7, 11) is 0.